The average molecular weight is 334 g/mol. The second kappa shape index (κ2) is 7.71. The molecular formula is C21H19FN2O. The standard InChI is InChI=1S/C21H19FN2O/c1-15(21(25)24-14-16-6-5-11-23-13-16)18-9-10-19(20(22)12-18)17-7-3-2-4-8-17/h2-13,15H,14H2,1H3,(H,24,25)/t15-/m1/s1. The Morgan fingerprint density at radius 3 is 2.60 bits per heavy atom. The number of carbonyl (C=O) groups is 1. The third-order valence-corrected chi connectivity index (χ3v) is 4.16. The molecule has 3 nitrogen and oxygen atoms in total. The van der Waals surface area contributed by atoms with Gasteiger partial charge in [-0.05, 0) is 35.7 Å². The molecule has 1 N–H and O–H groups in total. The fraction of sp³-hybridized carbons (Fsp3) is 0.143. The first kappa shape index (κ1) is 16.8. The van der Waals surface area contributed by atoms with Crippen molar-refractivity contribution in [3.63, 3.8) is 0 Å². The third-order valence-electron chi connectivity index (χ3n) is 4.16. The van der Waals surface area contributed by atoms with Gasteiger partial charge >= 0.3 is 0 Å². The van der Waals surface area contributed by atoms with Crippen molar-refractivity contribution in [3.05, 3.63) is 90.0 Å². The molecular weight excluding hydrogens is 315 g/mol. The first-order valence-corrected chi connectivity index (χ1v) is 8.16. The van der Waals surface area contributed by atoms with E-state index in [9.17, 15) is 9.18 Å². The van der Waals surface area contributed by atoms with Crippen LogP contribution >= 0.6 is 0 Å². The first-order chi connectivity index (χ1) is 12.1. The van der Waals surface area contributed by atoms with Crippen LogP contribution < -0.4 is 5.32 Å². The minimum Gasteiger partial charge on any atom is -0.351 e. The van der Waals surface area contributed by atoms with Crippen molar-refractivity contribution < 1.29 is 9.18 Å². The minimum atomic E-state index is -0.434. The molecule has 0 aliphatic heterocycles. The van der Waals surface area contributed by atoms with Gasteiger partial charge < -0.3 is 5.32 Å². The van der Waals surface area contributed by atoms with Gasteiger partial charge in [-0.1, -0.05) is 48.5 Å². The Labute approximate surface area is 146 Å². The van der Waals surface area contributed by atoms with Gasteiger partial charge in [-0.25, -0.2) is 4.39 Å². The van der Waals surface area contributed by atoms with Crippen LogP contribution in [-0.4, -0.2) is 10.9 Å². The molecule has 0 saturated heterocycles. The van der Waals surface area contributed by atoms with E-state index in [1.807, 2.05) is 42.5 Å². The molecule has 3 aromatic rings. The van der Waals surface area contributed by atoms with Crippen LogP contribution in [0.4, 0.5) is 4.39 Å². The zero-order valence-electron chi connectivity index (χ0n) is 13.9. The van der Waals surface area contributed by atoms with Crippen molar-refractivity contribution in [2.45, 2.75) is 19.4 Å². The number of benzene rings is 2. The maximum absolute atomic E-state index is 14.5. The molecule has 1 heterocycles. The molecule has 0 unspecified atom stereocenters. The van der Waals surface area contributed by atoms with Gasteiger partial charge in [0.05, 0.1) is 5.92 Å². The van der Waals surface area contributed by atoms with Gasteiger partial charge in [-0.3, -0.25) is 9.78 Å². The molecule has 0 bridgehead atoms. The molecule has 0 aliphatic rings. The van der Waals surface area contributed by atoms with Crippen LogP contribution in [0.15, 0.2) is 73.1 Å². The molecule has 1 atom stereocenters. The molecule has 1 amide bonds. The third kappa shape index (κ3) is 4.10. The summed E-state index contributed by atoms with van der Waals surface area (Å²) in [5.41, 5.74) is 2.93. The number of amides is 1. The van der Waals surface area contributed by atoms with Crippen molar-refractivity contribution in [2.75, 3.05) is 0 Å². The normalized spacial score (nSPS) is 11.8. The van der Waals surface area contributed by atoms with Crippen LogP contribution in [0.2, 0.25) is 0 Å². The number of pyridine rings is 1. The summed E-state index contributed by atoms with van der Waals surface area (Å²) in [7, 11) is 0. The zero-order chi connectivity index (χ0) is 17.6. The Hall–Kier alpha value is -3.01. The molecule has 0 fully saturated rings. The Bertz CT molecular complexity index is 850. The van der Waals surface area contributed by atoms with E-state index in [-0.39, 0.29) is 11.7 Å². The van der Waals surface area contributed by atoms with Crippen molar-refractivity contribution >= 4 is 5.91 Å². The van der Waals surface area contributed by atoms with E-state index < -0.39 is 5.92 Å². The number of carbonyl (C=O) groups excluding carboxylic acids is 1. The van der Waals surface area contributed by atoms with Gasteiger partial charge in [0.2, 0.25) is 5.91 Å². The molecule has 25 heavy (non-hydrogen) atoms. The maximum Gasteiger partial charge on any atom is 0.227 e. The van der Waals surface area contributed by atoms with Gasteiger partial charge in [0.25, 0.3) is 0 Å². The van der Waals surface area contributed by atoms with Gasteiger partial charge in [-0.2, -0.15) is 0 Å². The highest BCUT2D eigenvalue weighted by Gasteiger charge is 2.17. The lowest BCUT2D eigenvalue weighted by Crippen LogP contribution is -2.27. The molecule has 4 heteroatoms. The summed E-state index contributed by atoms with van der Waals surface area (Å²) in [4.78, 5) is 16.3. The first-order valence-electron chi connectivity index (χ1n) is 8.16. The lowest BCUT2D eigenvalue weighted by atomic mass is 9.96. The summed E-state index contributed by atoms with van der Waals surface area (Å²) in [5.74, 6) is -0.901. The number of hydrogen-bond acceptors (Lipinski definition) is 2. The smallest absolute Gasteiger partial charge is 0.227 e. The number of nitrogens with one attached hydrogen (secondary N) is 1. The number of nitrogens with zero attached hydrogens (tertiary/aromatic N) is 1. The van der Waals surface area contributed by atoms with Crippen LogP contribution in [0.1, 0.15) is 24.0 Å². The second-order valence-corrected chi connectivity index (χ2v) is 5.91. The maximum atomic E-state index is 14.5. The van der Waals surface area contributed by atoms with Gasteiger partial charge in [-0.15, -0.1) is 0 Å². The fourth-order valence-electron chi connectivity index (χ4n) is 2.65. The predicted octanol–water partition coefficient (Wildman–Crippen LogP) is 4.31. The number of rotatable bonds is 5. The van der Waals surface area contributed by atoms with E-state index in [1.165, 1.54) is 6.07 Å². The lowest BCUT2D eigenvalue weighted by Gasteiger charge is -2.14. The summed E-state index contributed by atoms with van der Waals surface area (Å²) in [5, 5.41) is 2.86. The number of hydrogen-bond donors (Lipinski definition) is 1. The Morgan fingerprint density at radius 2 is 1.92 bits per heavy atom. The fourth-order valence-corrected chi connectivity index (χ4v) is 2.65. The molecule has 0 aliphatic carbocycles. The average Bonchev–Trinajstić information content (AvgIpc) is 2.67. The molecule has 2 aromatic carbocycles. The summed E-state index contributed by atoms with van der Waals surface area (Å²) < 4.78 is 14.5. The van der Waals surface area contributed by atoms with Crippen LogP contribution in [-0.2, 0) is 11.3 Å². The Morgan fingerprint density at radius 1 is 1.12 bits per heavy atom. The van der Waals surface area contributed by atoms with Gasteiger partial charge in [0.15, 0.2) is 0 Å². The van der Waals surface area contributed by atoms with Crippen LogP contribution in [0.3, 0.4) is 0 Å². The molecule has 3 rings (SSSR count). The lowest BCUT2D eigenvalue weighted by molar-refractivity contribution is -0.122. The van der Waals surface area contributed by atoms with Crippen molar-refractivity contribution in [3.8, 4) is 11.1 Å². The van der Waals surface area contributed by atoms with Gasteiger partial charge in [0.1, 0.15) is 5.82 Å². The van der Waals surface area contributed by atoms with Crippen LogP contribution in [0.5, 0.6) is 0 Å². The van der Waals surface area contributed by atoms with E-state index in [0.717, 1.165) is 11.1 Å². The van der Waals surface area contributed by atoms with E-state index in [1.54, 1.807) is 31.5 Å². The molecule has 1 aromatic heterocycles. The van der Waals surface area contributed by atoms with Crippen LogP contribution in [0, 0.1) is 5.82 Å². The quantitative estimate of drug-likeness (QED) is 0.755. The highest BCUT2D eigenvalue weighted by Crippen LogP contribution is 2.26. The Kier molecular flexibility index (Phi) is 5.19. The predicted molar refractivity (Wildman–Crippen MR) is 96.3 cm³/mol. The molecule has 126 valence electrons. The summed E-state index contributed by atoms with van der Waals surface area (Å²) in [6.45, 7) is 2.18. The van der Waals surface area contributed by atoms with E-state index >= 15 is 0 Å². The largest absolute Gasteiger partial charge is 0.351 e. The van der Waals surface area contributed by atoms with E-state index in [2.05, 4.69) is 10.3 Å². The molecule has 0 radical (unpaired) electrons. The molecule has 0 spiro atoms. The summed E-state index contributed by atoms with van der Waals surface area (Å²) >= 11 is 0. The van der Waals surface area contributed by atoms with E-state index in [4.69, 9.17) is 0 Å². The highest BCUT2D eigenvalue weighted by atomic mass is 19.1. The zero-order valence-corrected chi connectivity index (χ0v) is 13.9. The summed E-state index contributed by atoms with van der Waals surface area (Å²) in [6.07, 6.45) is 3.39. The second-order valence-electron chi connectivity index (χ2n) is 5.91. The number of aromatic nitrogens is 1. The van der Waals surface area contributed by atoms with Crippen LogP contribution in [0.25, 0.3) is 11.1 Å². The molecule has 0 saturated carbocycles. The Balaban J connectivity index is 1.70. The minimum absolute atomic E-state index is 0.143. The van der Waals surface area contributed by atoms with Crippen molar-refractivity contribution in [1.82, 2.24) is 10.3 Å². The van der Waals surface area contributed by atoms with Gasteiger partial charge in [0, 0.05) is 24.5 Å². The monoisotopic (exact) mass is 334 g/mol. The SMILES string of the molecule is C[C@@H](C(=O)NCc1cccnc1)c1ccc(-c2ccccc2)c(F)c1. The van der Waals surface area contributed by atoms with E-state index in [0.29, 0.717) is 17.7 Å². The van der Waals surface area contributed by atoms with Crippen molar-refractivity contribution in [2.24, 2.45) is 0 Å². The number of halogens is 1. The highest BCUT2D eigenvalue weighted by molar-refractivity contribution is 5.83. The van der Waals surface area contributed by atoms with Crippen molar-refractivity contribution in [1.29, 1.82) is 0 Å². The topological polar surface area (TPSA) is 42.0 Å². The summed E-state index contributed by atoms with van der Waals surface area (Å²) in [6, 6.07) is 18.1.